The molecule has 1 amide bonds. The second kappa shape index (κ2) is 4.06. The summed E-state index contributed by atoms with van der Waals surface area (Å²) in [6.07, 6.45) is 0. The maximum absolute atomic E-state index is 10.8. The molecule has 4 heteroatoms. The van der Waals surface area contributed by atoms with Gasteiger partial charge in [0.05, 0.1) is 0 Å². The molecule has 0 radical (unpaired) electrons. The fourth-order valence-corrected chi connectivity index (χ4v) is 1.24. The first-order chi connectivity index (χ1) is 6.13. The highest BCUT2D eigenvalue weighted by Crippen LogP contribution is 2.20. The highest BCUT2D eigenvalue weighted by atomic mass is 79.9. The Bertz CT molecular complexity index is 382. The molecular formula is C9H7BrN2O. The lowest BCUT2D eigenvalue weighted by molar-refractivity contribution is -0.111. The van der Waals surface area contributed by atoms with Gasteiger partial charge in [0.1, 0.15) is 0 Å². The summed E-state index contributed by atoms with van der Waals surface area (Å²) in [6.45, 7) is 1.86. The van der Waals surface area contributed by atoms with E-state index < -0.39 is 5.91 Å². The van der Waals surface area contributed by atoms with Crippen molar-refractivity contribution in [1.29, 1.82) is 5.26 Å². The van der Waals surface area contributed by atoms with Gasteiger partial charge in [0, 0.05) is 10.2 Å². The predicted octanol–water partition coefficient (Wildman–Crippen LogP) is 2.22. The zero-order valence-electron chi connectivity index (χ0n) is 6.97. The molecule has 0 bridgehead atoms. The molecule has 0 aliphatic heterocycles. The molecule has 0 heterocycles. The van der Waals surface area contributed by atoms with Crippen LogP contribution in [-0.4, -0.2) is 5.91 Å². The number of aryl methyl sites for hydroxylation is 1. The van der Waals surface area contributed by atoms with E-state index in [1.54, 1.807) is 6.07 Å². The minimum absolute atomic E-state index is 0.652. The van der Waals surface area contributed by atoms with Crippen molar-refractivity contribution < 1.29 is 4.79 Å². The molecule has 0 spiro atoms. The molecule has 1 aromatic carbocycles. The highest BCUT2D eigenvalue weighted by molar-refractivity contribution is 9.10. The normalized spacial score (nSPS) is 9.00. The van der Waals surface area contributed by atoms with Crippen molar-refractivity contribution in [2.45, 2.75) is 6.92 Å². The molecule has 3 nitrogen and oxygen atoms in total. The zero-order valence-corrected chi connectivity index (χ0v) is 8.55. The van der Waals surface area contributed by atoms with Gasteiger partial charge in [-0.3, -0.25) is 4.79 Å². The summed E-state index contributed by atoms with van der Waals surface area (Å²) in [5, 5.41) is 10.8. The van der Waals surface area contributed by atoms with Gasteiger partial charge in [0.2, 0.25) is 0 Å². The van der Waals surface area contributed by atoms with E-state index in [2.05, 4.69) is 21.2 Å². The molecule has 1 N–H and O–H groups in total. The molecule has 0 fully saturated rings. The number of hydrogen-bond donors (Lipinski definition) is 1. The van der Waals surface area contributed by atoms with Crippen LogP contribution in [0.1, 0.15) is 5.56 Å². The van der Waals surface area contributed by atoms with Crippen LogP contribution >= 0.6 is 15.9 Å². The summed E-state index contributed by atoms with van der Waals surface area (Å²) in [5.74, 6) is -0.652. The Morgan fingerprint density at radius 2 is 2.31 bits per heavy atom. The molecule has 13 heavy (non-hydrogen) atoms. The third-order valence-corrected chi connectivity index (χ3v) is 2.04. The second-order valence-electron chi connectivity index (χ2n) is 2.53. The minimum Gasteiger partial charge on any atom is -0.313 e. The number of benzene rings is 1. The van der Waals surface area contributed by atoms with Crippen molar-refractivity contribution in [2.75, 3.05) is 5.32 Å². The minimum atomic E-state index is -0.652. The van der Waals surface area contributed by atoms with Crippen LogP contribution in [0.3, 0.4) is 0 Å². The summed E-state index contributed by atoms with van der Waals surface area (Å²) >= 11 is 3.27. The Morgan fingerprint density at radius 1 is 1.62 bits per heavy atom. The van der Waals surface area contributed by atoms with Gasteiger partial charge in [-0.15, -0.1) is 0 Å². The monoisotopic (exact) mass is 238 g/mol. The first-order valence-electron chi connectivity index (χ1n) is 3.60. The molecule has 0 saturated carbocycles. The van der Waals surface area contributed by atoms with Crippen LogP contribution in [0.4, 0.5) is 5.69 Å². The lowest BCUT2D eigenvalue weighted by Gasteiger charge is -2.04. The first kappa shape index (κ1) is 9.75. The predicted molar refractivity (Wildman–Crippen MR) is 53.1 cm³/mol. The maximum atomic E-state index is 10.8. The number of nitrogens with one attached hydrogen (secondary N) is 1. The number of halogens is 1. The van der Waals surface area contributed by atoms with Gasteiger partial charge in [-0.1, -0.05) is 22.0 Å². The third-order valence-electron chi connectivity index (χ3n) is 1.55. The number of anilines is 1. The van der Waals surface area contributed by atoms with Gasteiger partial charge < -0.3 is 5.32 Å². The summed E-state index contributed by atoms with van der Waals surface area (Å²) in [5.41, 5.74) is 1.58. The van der Waals surface area contributed by atoms with Crippen LogP contribution in [0.25, 0.3) is 0 Å². The Hall–Kier alpha value is -1.34. The van der Waals surface area contributed by atoms with E-state index >= 15 is 0 Å². The summed E-state index contributed by atoms with van der Waals surface area (Å²) < 4.78 is 0.867. The quantitative estimate of drug-likeness (QED) is 0.764. The smallest absolute Gasteiger partial charge is 0.313 e. The fraction of sp³-hybridized carbons (Fsp3) is 0.111. The van der Waals surface area contributed by atoms with E-state index in [1.165, 1.54) is 6.07 Å². The number of nitrogens with zero attached hydrogens (tertiary/aromatic N) is 1. The molecule has 1 aromatic rings. The van der Waals surface area contributed by atoms with E-state index in [4.69, 9.17) is 5.26 Å². The van der Waals surface area contributed by atoms with Gasteiger partial charge in [0.25, 0.3) is 0 Å². The molecular weight excluding hydrogens is 232 g/mol. The van der Waals surface area contributed by atoms with Gasteiger partial charge >= 0.3 is 5.91 Å². The van der Waals surface area contributed by atoms with E-state index in [0.29, 0.717) is 5.69 Å². The number of carbonyl (C=O) groups is 1. The fourth-order valence-electron chi connectivity index (χ4n) is 0.879. The van der Waals surface area contributed by atoms with E-state index in [0.717, 1.165) is 10.0 Å². The van der Waals surface area contributed by atoms with Crippen LogP contribution in [0.2, 0.25) is 0 Å². The first-order valence-corrected chi connectivity index (χ1v) is 4.40. The second-order valence-corrected chi connectivity index (χ2v) is 3.44. The average molecular weight is 239 g/mol. The van der Waals surface area contributed by atoms with E-state index in [9.17, 15) is 4.79 Å². The molecule has 0 saturated heterocycles. The number of carbonyl (C=O) groups excluding carboxylic acids is 1. The van der Waals surface area contributed by atoms with Crippen LogP contribution in [-0.2, 0) is 4.79 Å². The number of hydrogen-bond acceptors (Lipinski definition) is 2. The Balaban J connectivity index is 2.95. The van der Waals surface area contributed by atoms with Crippen molar-refractivity contribution in [2.24, 2.45) is 0 Å². The summed E-state index contributed by atoms with van der Waals surface area (Å²) in [7, 11) is 0. The Labute approximate surface area is 84.5 Å². The topological polar surface area (TPSA) is 52.9 Å². The third kappa shape index (κ3) is 2.56. The van der Waals surface area contributed by atoms with Gasteiger partial charge in [-0.25, -0.2) is 0 Å². The van der Waals surface area contributed by atoms with Crippen LogP contribution < -0.4 is 5.32 Å². The van der Waals surface area contributed by atoms with E-state index in [-0.39, 0.29) is 0 Å². The van der Waals surface area contributed by atoms with Crippen molar-refractivity contribution in [3.63, 3.8) is 0 Å². The SMILES string of the molecule is Cc1ccc(Br)cc1NC(=O)C#N. The summed E-state index contributed by atoms with van der Waals surface area (Å²) in [6, 6.07) is 6.98. The largest absolute Gasteiger partial charge is 0.326 e. The maximum Gasteiger partial charge on any atom is 0.326 e. The summed E-state index contributed by atoms with van der Waals surface area (Å²) in [4.78, 5) is 10.8. The Kier molecular flexibility index (Phi) is 3.04. The van der Waals surface area contributed by atoms with Crippen LogP contribution in [0.5, 0.6) is 0 Å². The number of nitriles is 1. The van der Waals surface area contributed by atoms with Gasteiger partial charge in [0.15, 0.2) is 6.07 Å². The molecule has 0 unspecified atom stereocenters. The van der Waals surface area contributed by atoms with Gasteiger partial charge in [-0.05, 0) is 24.6 Å². The molecule has 1 rings (SSSR count). The molecule has 0 atom stereocenters. The molecule has 0 aliphatic carbocycles. The number of amides is 1. The van der Waals surface area contributed by atoms with Crippen molar-refractivity contribution >= 4 is 27.5 Å². The lowest BCUT2D eigenvalue weighted by Crippen LogP contribution is -2.08. The highest BCUT2D eigenvalue weighted by Gasteiger charge is 2.02. The average Bonchev–Trinajstić information content (AvgIpc) is 2.11. The van der Waals surface area contributed by atoms with Crippen molar-refractivity contribution in [3.8, 4) is 6.07 Å². The Morgan fingerprint density at radius 3 is 2.92 bits per heavy atom. The molecule has 0 aromatic heterocycles. The standard InChI is InChI=1S/C9H7BrN2O/c1-6-2-3-7(10)4-8(6)12-9(13)5-11/h2-4H,1H3,(H,12,13). The van der Waals surface area contributed by atoms with E-state index in [1.807, 2.05) is 19.1 Å². The molecule has 0 aliphatic rings. The lowest BCUT2D eigenvalue weighted by atomic mass is 10.2. The van der Waals surface area contributed by atoms with Crippen molar-refractivity contribution in [1.82, 2.24) is 0 Å². The van der Waals surface area contributed by atoms with Crippen LogP contribution in [0, 0.1) is 18.3 Å². The van der Waals surface area contributed by atoms with Crippen LogP contribution in [0.15, 0.2) is 22.7 Å². The van der Waals surface area contributed by atoms with Crippen molar-refractivity contribution in [3.05, 3.63) is 28.2 Å². The molecule has 66 valence electrons. The number of rotatable bonds is 1. The zero-order chi connectivity index (χ0) is 9.84. The van der Waals surface area contributed by atoms with Gasteiger partial charge in [-0.2, -0.15) is 5.26 Å².